The Morgan fingerprint density at radius 3 is 2.58 bits per heavy atom. The summed E-state index contributed by atoms with van der Waals surface area (Å²) in [7, 11) is 1.61. The summed E-state index contributed by atoms with van der Waals surface area (Å²) in [6.07, 6.45) is 1.11. The van der Waals surface area contributed by atoms with Crippen molar-refractivity contribution in [2.24, 2.45) is 10.9 Å². The van der Waals surface area contributed by atoms with E-state index in [2.05, 4.69) is 39.7 Å². The van der Waals surface area contributed by atoms with Crippen molar-refractivity contribution in [3.8, 4) is 0 Å². The second-order valence-corrected chi connectivity index (χ2v) is 6.85. The van der Waals surface area contributed by atoms with E-state index < -0.39 is 0 Å². The second-order valence-electron chi connectivity index (χ2n) is 6.85. The van der Waals surface area contributed by atoms with Gasteiger partial charge in [-0.2, -0.15) is 0 Å². The van der Waals surface area contributed by atoms with Crippen LogP contribution in [-0.2, 0) is 14.3 Å². The van der Waals surface area contributed by atoms with E-state index in [9.17, 15) is 4.79 Å². The summed E-state index contributed by atoms with van der Waals surface area (Å²) in [5, 5.41) is 9.38. The predicted octanol–water partition coefficient (Wildman–Crippen LogP) is 0.0510. The number of morpholine rings is 1. The summed E-state index contributed by atoms with van der Waals surface area (Å²) in [6, 6.07) is 0.429. The van der Waals surface area contributed by atoms with Crippen molar-refractivity contribution < 1.29 is 14.3 Å². The second kappa shape index (κ2) is 13.8. The molecule has 152 valence electrons. The Kier molecular flexibility index (Phi) is 12.0. The molecule has 1 heterocycles. The van der Waals surface area contributed by atoms with Gasteiger partial charge >= 0.3 is 0 Å². The minimum atomic E-state index is -0.105. The number of hydrogen-bond donors (Lipinski definition) is 3. The molecule has 3 N–H and O–H groups in total. The molecule has 1 atom stereocenters. The lowest BCUT2D eigenvalue weighted by Gasteiger charge is -2.35. The van der Waals surface area contributed by atoms with E-state index in [1.54, 1.807) is 7.11 Å². The van der Waals surface area contributed by atoms with E-state index in [-0.39, 0.29) is 12.5 Å². The third kappa shape index (κ3) is 9.94. The van der Waals surface area contributed by atoms with Gasteiger partial charge in [-0.1, -0.05) is 13.8 Å². The van der Waals surface area contributed by atoms with E-state index in [0.717, 1.165) is 45.8 Å². The Hall–Kier alpha value is -1.38. The third-order valence-corrected chi connectivity index (χ3v) is 4.16. The van der Waals surface area contributed by atoms with Crippen molar-refractivity contribution in [2.45, 2.75) is 33.2 Å². The monoisotopic (exact) mass is 371 g/mol. The third-order valence-electron chi connectivity index (χ3n) is 4.16. The summed E-state index contributed by atoms with van der Waals surface area (Å²) in [4.78, 5) is 18.7. The molecule has 1 aliphatic rings. The lowest BCUT2D eigenvalue weighted by Crippen LogP contribution is -2.51. The van der Waals surface area contributed by atoms with E-state index in [0.29, 0.717) is 31.1 Å². The van der Waals surface area contributed by atoms with Gasteiger partial charge in [-0.25, -0.2) is 4.99 Å². The highest BCUT2D eigenvalue weighted by molar-refractivity contribution is 5.84. The number of hydrogen-bond acceptors (Lipinski definition) is 5. The van der Waals surface area contributed by atoms with Crippen LogP contribution in [0, 0.1) is 5.92 Å². The number of nitrogens with zero attached hydrogens (tertiary/aromatic N) is 2. The van der Waals surface area contributed by atoms with Crippen LogP contribution >= 0.6 is 0 Å². The van der Waals surface area contributed by atoms with Gasteiger partial charge in [-0.3, -0.25) is 9.69 Å². The lowest BCUT2D eigenvalue weighted by molar-refractivity contribution is -0.119. The van der Waals surface area contributed by atoms with Gasteiger partial charge in [0.05, 0.1) is 19.8 Å². The SMILES string of the molecule is CCNC(=NCC(=O)NCCOC)NCC(CC(C)C)N1CCOCC1. The van der Waals surface area contributed by atoms with Crippen LogP contribution in [0.4, 0.5) is 0 Å². The first-order chi connectivity index (χ1) is 12.6. The molecule has 0 aromatic carbocycles. The van der Waals surface area contributed by atoms with Crippen molar-refractivity contribution in [3.63, 3.8) is 0 Å². The fraction of sp³-hybridized carbons (Fsp3) is 0.889. The van der Waals surface area contributed by atoms with Crippen molar-refractivity contribution >= 4 is 11.9 Å². The maximum absolute atomic E-state index is 11.8. The van der Waals surface area contributed by atoms with Gasteiger partial charge in [0.2, 0.25) is 5.91 Å². The standard InChI is InChI=1S/C18H37N5O3/c1-5-19-18(22-14-17(24)20-6-9-25-4)21-13-16(12-15(2)3)23-7-10-26-11-8-23/h15-16H,5-14H2,1-4H3,(H,20,24)(H2,19,21,22). The topological polar surface area (TPSA) is 87.2 Å². The number of methoxy groups -OCH3 is 1. The first kappa shape index (κ1) is 22.7. The molecule has 0 aromatic rings. The Balaban J connectivity index is 2.53. The van der Waals surface area contributed by atoms with Gasteiger partial charge in [0, 0.05) is 45.9 Å². The number of guanidine groups is 1. The zero-order valence-corrected chi connectivity index (χ0v) is 16.8. The maximum atomic E-state index is 11.8. The maximum Gasteiger partial charge on any atom is 0.241 e. The van der Waals surface area contributed by atoms with Gasteiger partial charge in [0.1, 0.15) is 6.54 Å². The quantitative estimate of drug-likeness (QED) is 0.270. The van der Waals surface area contributed by atoms with Crippen LogP contribution in [-0.4, -0.2) is 89.0 Å². The molecule has 0 aromatic heterocycles. The van der Waals surface area contributed by atoms with Crippen LogP contribution in [0.5, 0.6) is 0 Å². The molecule has 0 radical (unpaired) electrons. The number of rotatable bonds is 11. The van der Waals surface area contributed by atoms with Crippen LogP contribution in [0.2, 0.25) is 0 Å². The zero-order chi connectivity index (χ0) is 19.2. The van der Waals surface area contributed by atoms with Crippen LogP contribution in [0.1, 0.15) is 27.2 Å². The molecule has 1 amide bonds. The molecule has 1 aliphatic heterocycles. The molecule has 1 rings (SSSR count). The zero-order valence-electron chi connectivity index (χ0n) is 16.8. The minimum absolute atomic E-state index is 0.103. The first-order valence-corrected chi connectivity index (χ1v) is 9.66. The van der Waals surface area contributed by atoms with Crippen molar-refractivity contribution in [1.29, 1.82) is 0 Å². The Morgan fingerprint density at radius 2 is 1.96 bits per heavy atom. The highest BCUT2D eigenvalue weighted by Gasteiger charge is 2.22. The number of nitrogens with one attached hydrogen (secondary N) is 3. The van der Waals surface area contributed by atoms with Gasteiger partial charge < -0.3 is 25.4 Å². The van der Waals surface area contributed by atoms with Gasteiger partial charge in [-0.05, 0) is 19.3 Å². The number of carbonyl (C=O) groups excluding carboxylic acids is 1. The molecule has 0 bridgehead atoms. The molecule has 1 fully saturated rings. The summed E-state index contributed by atoms with van der Waals surface area (Å²) in [5.74, 6) is 1.19. The number of carbonyl (C=O) groups is 1. The highest BCUT2D eigenvalue weighted by Crippen LogP contribution is 2.12. The summed E-state index contributed by atoms with van der Waals surface area (Å²) in [5.41, 5.74) is 0. The van der Waals surface area contributed by atoms with Gasteiger partial charge in [0.15, 0.2) is 5.96 Å². The van der Waals surface area contributed by atoms with E-state index in [4.69, 9.17) is 9.47 Å². The number of ether oxygens (including phenoxy) is 2. The van der Waals surface area contributed by atoms with Crippen molar-refractivity contribution in [3.05, 3.63) is 0 Å². The molecule has 0 spiro atoms. The normalized spacial score (nSPS) is 17.2. The molecular formula is C18H37N5O3. The summed E-state index contributed by atoms with van der Waals surface area (Å²) >= 11 is 0. The Morgan fingerprint density at radius 1 is 1.23 bits per heavy atom. The Labute approximate surface area is 158 Å². The molecule has 0 aliphatic carbocycles. The van der Waals surface area contributed by atoms with Crippen LogP contribution in [0.25, 0.3) is 0 Å². The van der Waals surface area contributed by atoms with Crippen molar-refractivity contribution in [2.75, 3.05) is 66.2 Å². The average molecular weight is 372 g/mol. The number of amides is 1. The van der Waals surface area contributed by atoms with Crippen LogP contribution in [0.3, 0.4) is 0 Å². The fourth-order valence-corrected chi connectivity index (χ4v) is 2.90. The average Bonchev–Trinajstić information content (AvgIpc) is 2.63. The fourth-order valence-electron chi connectivity index (χ4n) is 2.90. The number of aliphatic imine (C=N–C) groups is 1. The van der Waals surface area contributed by atoms with Gasteiger partial charge in [-0.15, -0.1) is 0 Å². The minimum Gasteiger partial charge on any atom is -0.383 e. The smallest absolute Gasteiger partial charge is 0.241 e. The van der Waals surface area contributed by atoms with E-state index >= 15 is 0 Å². The molecule has 8 nitrogen and oxygen atoms in total. The molecule has 1 unspecified atom stereocenters. The summed E-state index contributed by atoms with van der Waals surface area (Å²) < 4.78 is 10.4. The highest BCUT2D eigenvalue weighted by atomic mass is 16.5. The summed E-state index contributed by atoms with van der Waals surface area (Å²) in [6.45, 7) is 12.7. The van der Waals surface area contributed by atoms with E-state index in [1.807, 2.05) is 6.92 Å². The molecule has 1 saturated heterocycles. The van der Waals surface area contributed by atoms with Gasteiger partial charge in [0.25, 0.3) is 0 Å². The van der Waals surface area contributed by atoms with Crippen molar-refractivity contribution in [1.82, 2.24) is 20.9 Å². The van der Waals surface area contributed by atoms with E-state index in [1.165, 1.54) is 0 Å². The predicted molar refractivity (Wildman–Crippen MR) is 105 cm³/mol. The van der Waals surface area contributed by atoms with Crippen LogP contribution < -0.4 is 16.0 Å². The molecule has 0 saturated carbocycles. The molecule has 8 heteroatoms. The molecular weight excluding hydrogens is 334 g/mol. The largest absolute Gasteiger partial charge is 0.383 e. The van der Waals surface area contributed by atoms with Crippen LogP contribution in [0.15, 0.2) is 4.99 Å². The lowest BCUT2D eigenvalue weighted by atomic mass is 10.0. The first-order valence-electron chi connectivity index (χ1n) is 9.66. The molecule has 26 heavy (non-hydrogen) atoms. The Bertz CT molecular complexity index is 412.